The Balaban J connectivity index is 1.20. The summed E-state index contributed by atoms with van der Waals surface area (Å²) in [6, 6.07) is 57.4. The predicted octanol–water partition coefficient (Wildman–Crippen LogP) is 9.92. The van der Waals surface area contributed by atoms with Crippen LogP contribution in [0.3, 0.4) is 0 Å². The summed E-state index contributed by atoms with van der Waals surface area (Å²) in [4.78, 5) is 2.40. The first kappa shape index (κ1) is 28.4. The molecule has 6 aromatic rings. The van der Waals surface area contributed by atoms with Gasteiger partial charge in [0.2, 0.25) is 0 Å². The molecule has 0 bridgehead atoms. The highest BCUT2D eigenvalue weighted by Crippen LogP contribution is 2.50. The van der Waals surface area contributed by atoms with Gasteiger partial charge in [0.15, 0.2) is 0 Å². The fraction of sp³-hybridized carbons (Fsp3) is 0.0870. The van der Waals surface area contributed by atoms with Crippen molar-refractivity contribution in [2.45, 2.75) is 19.5 Å². The maximum absolute atomic E-state index is 3.78. The molecule has 6 aromatic carbocycles. The summed E-state index contributed by atoms with van der Waals surface area (Å²) in [5.41, 5.74) is 13.7. The van der Waals surface area contributed by atoms with Crippen molar-refractivity contribution in [1.29, 1.82) is 0 Å². The van der Waals surface area contributed by atoms with Crippen molar-refractivity contribution in [3.8, 4) is 11.1 Å². The van der Waals surface area contributed by atoms with E-state index in [1.54, 1.807) is 0 Å². The summed E-state index contributed by atoms with van der Waals surface area (Å²) in [6.07, 6.45) is 7.90. The number of hydrogen-bond acceptors (Lipinski definition) is 2. The lowest BCUT2D eigenvalue weighted by molar-refractivity contribution is 0.547. The third-order valence-corrected chi connectivity index (χ3v) is 10.3. The molecule has 1 aliphatic heterocycles. The van der Waals surface area contributed by atoms with Gasteiger partial charge in [-0.25, -0.2) is 0 Å². The Morgan fingerprint density at radius 2 is 1.25 bits per heavy atom. The Labute approximate surface area is 282 Å². The minimum atomic E-state index is -0.131. The molecule has 2 unspecified atom stereocenters. The van der Waals surface area contributed by atoms with Crippen molar-refractivity contribution in [3.63, 3.8) is 0 Å². The highest BCUT2D eigenvalue weighted by molar-refractivity contribution is 5.91. The number of para-hydroxylation sites is 3. The number of benzene rings is 6. The maximum atomic E-state index is 3.78. The maximum Gasteiger partial charge on any atom is 0.130 e. The summed E-state index contributed by atoms with van der Waals surface area (Å²) in [5, 5.41) is 6.40. The molecule has 0 radical (unpaired) electrons. The minimum Gasteiger partial charge on any atom is -0.359 e. The summed E-state index contributed by atoms with van der Waals surface area (Å²) in [7, 11) is 0. The van der Waals surface area contributed by atoms with E-state index in [1.807, 2.05) is 0 Å². The van der Waals surface area contributed by atoms with E-state index >= 15 is 0 Å². The number of allylic oxidation sites excluding steroid dienone is 4. The van der Waals surface area contributed by atoms with Crippen LogP contribution < -0.4 is 20.7 Å². The zero-order valence-electron chi connectivity index (χ0n) is 27.0. The molecule has 0 saturated carbocycles. The quantitative estimate of drug-likeness (QED) is 0.207. The number of nitrogens with zero attached hydrogens (tertiary/aromatic N) is 1. The van der Waals surface area contributed by atoms with Gasteiger partial charge in [0.05, 0.1) is 11.4 Å². The van der Waals surface area contributed by atoms with E-state index in [1.165, 1.54) is 66.3 Å². The Morgan fingerprint density at radius 1 is 0.604 bits per heavy atom. The van der Waals surface area contributed by atoms with Crippen molar-refractivity contribution >= 4 is 28.2 Å². The molecule has 0 spiro atoms. The first-order valence-corrected chi connectivity index (χ1v) is 16.9. The second kappa shape index (κ2) is 11.4. The smallest absolute Gasteiger partial charge is 0.130 e. The lowest BCUT2D eigenvalue weighted by Crippen LogP contribution is -2.42. The van der Waals surface area contributed by atoms with Crippen LogP contribution in [-0.2, 0) is 0 Å². The third-order valence-electron chi connectivity index (χ3n) is 10.3. The van der Waals surface area contributed by atoms with Gasteiger partial charge in [-0.15, -0.1) is 0 Å². The van der Waals surface area contributed by atoms with Crippen molar-refractivity contribution in [3.05, 3.63) is 209 Å². The van der Waals surface area contributed by atoms with Gasteiger partial charge in [-0.2, -0.15) is 0 Å². The SMILES string of the molecule is CC12CC=CC=C1C(c1ccccc1)=c1cc(-c3ccc(C4Nc5ccccc5N4c4ccccc4)cc3)ccc1=C2c1ccccc1. The van der Waals surface area contributed by atoms with Crippen LogP contribution in [0.5, 0.6) is 0 Å². The van der Waals surface area contributed by atoms with E-state index in [-0.39, 0.29) is 11.6 Å². The molecule has 1 N–H and O–H groups in total. The summed E-state index contributed by atoms with van der Waals surface area (Å²) < 4.78 is 0. The average molecular weight is 617 g/mol. The second-order valence-electron chi connectivity index (χ2n) is 13.2. The minimum absolute atomic E-state index is 0.00685. The third kappa shape index (κ3) is 4.56. The molecule has 48 heavy (non-hydrogen) atoms. The lowest BCUT2D eigenvalue weighted by Gasteiger charge is -2.40. The fourth-order valence-corrected chi connectivity index (χ4v) is 8.07. The lowest BCUT2D eigenvalue weighted by atomic mass is 9.62. The monoisotopic (exact) mass is 616 g/mol. The zero-order chi connectivity index (χ0) is 32.1. The molecule has 0 amide bonds. The standard InChI is InChI=1S/C46H36N2/c1-46-30-14-13-21-40(46)43(33-15-5-2-6-16-33)39-31-36(28-29-38(39)44(46)34-17-7-3-8-18-34)32-24-26-35(27-25-32)45-47-41-22-11-12-23-42(41)48(45)37-19-9-4-10-20-37/h2-29,31,45,47H,30H2,1H3. The molecule has 2 heteroatoms. The molecule has 2 nitrogen and oxygen atoms in total. The molecular weight excluding hydrogens is 581 g/mol. The van der Waals surface area contributed by atoms with Gasteiger partial charge in [0, 0.05) is 11.1 Å². The van der Waals surface area contributed by atoms with E-state index < -0.39 is 0 Å². The highest BCUT2D eigenvalue weighted by Gasteiger charge is 2.39. The van der Waals surface area contributed by atoms with Gasteiger partial charge in [0.1, 0.15) is 6.17 Å². The molecule has 1 heterocycles. The van der Waals surface area contributed by atoms with E-state index in [0.29, 0.717) is 0 Å². The van der Waals surface area contributed by atoms with Crippen LogP contribution in [-0.4, -0.2) is 0 Å². The number of hydrogen-bond donors (Lipinski definition) is 1. The van der Waals surface area contributed by atoms with Crippen molar-refractivity contribution in [2.75, 3.05) is 10.2 Å². The number of rotatable bonds is 5. The van der Waals surface area contributed by atoms with E-state index in [4.69, 9.17) is 0 Å². The summed E-state index contributed by atoms with van der Waals surface area (Å²) in [6.45, 7) is 2.43. The Kier molecular flexibility index (Phi) is 6.76. The van der Waals surface area contributed by atoms with E-state index in [9.17, 15) is 0 Å². The van der Waals surface area contributed by atoms with Crippen LogP contribution in [0.15, 0.2) is 182 Å². The molecule has 0 saturated heterocycles. The number of nitrogens with one attached hydrogen (secondary N) is 1. The van der Waals surface area contributed by atoms with Crippen LogP contribution in [0.4, 0.5) is 17.1 Å². The van der Waals surface area contributed by atoms with Gasteiger partial charge in [-0.05, 0) is 91.7 Å². The molecule has 230 valence electrons. The van der Waals surface area contributed by atoms with Crippen molar-refractivity contribution in [2.24, 2.45) is 5.41 Å². The van der Waals surface area contributed by atoms with E-state index in [0.717, 1.165) is 12.1 Å². The Morgan fingerprint density at radius 3 is 2.00 bits per heavy atom. The fourth-order valence-electron chi connectivity index (χ4n) is 8.07. The van der Waals surface area contributed by atoms with Gasteiger partial charge < -0.3 is 10.2 Å². The largest absolute Gasteiger partial charge is 0.359 e. The predicted molar refractivity (Wildman–Crippen MR) is 200 cm³/mol. The van der Waals surface area contributed by atoms with Crippen LogP contribution >= 0.6 is 0 Å². The molecule has 0 aromatic heterocycles. The van der Waals surface area contributed by atoms with Crippen molar-refractivity contribution in [1.82, 2.24) is 0 Å². The van der Waals surface area contributed by atoms with Crippen LogP contribution in [0, 0.1) is 5.41 Å². The van der Waals surface area contributed by atoms with E-state index in [2.05, 4.69) is 193 Å². The van der Waals surface area contributed by atoms with Gasteiger partial charge in [-0.3, -0.25) is 0 Å². The van der Waals surface area contributed by atoms with Crippen LogP contribution in [0.2, 0.25) is 0 Å². The molecule has 9 rings (SSSR count). The van der Waals surface area contributed by atoms with Gasteiger partial charge in [-0.1, -0.05) is 153 Å². The Bertz CT molecular complexity index is 2340. The molecule has 2 atom stereocenters. The molecular formula is C46H36N2. The summed E-state index contributed by atoms with van der Waals surface area (Å²) in [5.74, 6) is 0. The number of anilines is 3. The second-order valence-corrected chi connectivity index (χ2v) is 13.2. The van der Waals surface area contributed by atoms with Crippen LogP contribution in [0.25, 0.3) is 22.3 Å². The first-order valence-electron chi connectivity index (χ1n) is 16.9. The average Bonchev–Trinajstić information content (AvgIpc) is 3.54. The normalized spacial score (nSPS) is 19.2. The number of fused-ring (bicyclic) bond motifs is 3. The summed E-state index contributed by atoms with van der Waals surface area (Å²) >= 11 is 0. The molecule has 3 aliphatic rings. The zero-order valence-corrected chi connectivity index (χ0v) is 27.0. The Hall–Kier alpha value is -5.86. The van der Waals surface area contributed by atoms with Gasteiger partial charge >= 0.3 is 0 Å². The van der Waals surface area contributed by atoms with Gasteiger partial charge in [0.25, 0.3) is 0 Å². The molecule has 0 fully saturated rings. The van der Waals surface area contributed by atoms with Crippen molar-refractivity contribution < 1.29 is 0 Å². The topological polar surface area (TPSA) is 15.3 Å². The first-order chi connectivity index (χ1) is 23.7. The van der Waals surface area contributed by atoms with Crippen LogP contribution in [0.1, 0.15) is 36.2 Å². The highest BCUT2D eigenvalue weighted by atomic mass is 15.3. The molecule has 2 aliphatic carbocycles.